The lowest BCUT2D eigenvalue weighted by molar-refractivity contribution is -0.0377. The molecule has 0 radical (unpaired) electrons. The van der Waals surface area contributed by atoms with Gasteiger partial charge in [-0.2, -0.15) is 0 Å². The molecule has 0 aromatic heterocycles. The molecular weight excluding hydrogens is 172 g/mol. The van der Waals surface area contributed by atoms with Crippen LogP contribution >= 0.6 is 0 Å². The largest absolute Gasteiger partial charge is 0.393 e. The summed E-state index contributed by atoms with van der Waals surface area (Å²) in [5, 5.41) is 9.80. The van der Waals surface area contributed by atoms with E-state index < -0.39 is 0 Å². The lowest BCUT2D eigenvalue weighted by Gasteiger charge is -2.52. The smallest absolute Gasteiger partial charge is 0.0546 e. The monoisotopic (exact) mass is 196 g/mol. The first kappa shape index (κ1) is 10.5. The molecule has 14 heavy (non-hydrogen) atoms. The van der Waals surface area contributed by atoms with Gasteiger partial charge in [0.15, 0.2) is 0 Å². The van der Waals surface area contributed by atoms with Gasteiger partial charge in [-0.3, -0.25) is 0 Å². The van der Waals surface area contributed by atoms with Crippen LogP contribution in [0.25, 0.3) is 0 Å². The van der Waals surface area contributed by atoms with Crippen LogP contribution in [0.5, 0.6) is 0 Å². The fourth-order valence-corrected chi connectivity index (χ4v) is 4.15. The molecule has 2 unspecified atom stereocenters. The van der Waals surface area contributed by atoms with E-state index in [4.69, 9.17) is 0 Å². The average Bonchev–Trinajstić information content (AvgIpc) is 2.46. The fourth-order valence-electron chi connectivity index (χ4n) is 4.15. The second-order valence-corrected chi connectivity index (χ2v) is 6.23. The van der Waals surface area contributed by atoms with Gasteiger partial charge < -0.3 is 5.11 Å². The van der Waals surface area contributed by atoms with E-state index in [9.17, 15) is 5.11 Å². The van der Waals surface area contributed by atoms with Gasteiger partial charge in [0.25, 0.3) is 0 Å². The molecule has 1 spiro atoms. The Kier molecular flexibility index (Phi) is 2.42. The summed E-state index contributed by atoms with van der Waals surface area (Å²) < 4.78 is 0. The molecule has 0 amide bonds. The van der Waals surface area contributed by atoms with Crippen molar-refractivity contribution in [1.29, 1.82) is 0 Å². The lowest BCUT2D eigenvalue weighted by Crippen LogP contribution is -2.44. The Hall–Kier alpha value is -0.0400. The molecule has 82 valence electrons. The molecule has 1 heteroatoms. The summed E-state index contributed by atoms with van der Waals surface area (Å²) in [6.07, 6.45) is 7.43. The summed E-state index contributed by atoms with van der Waals surface area (Å²) in [4.78, 5) is 0. The van der Waals surface area contributed by atoms with Gasteiger partial charge in [-0.05, 0) is 42.4 Å². The van der Waals surface area contributed by atoms with E-state index in [2.05, 4.69) is 20.8 Å². The molecule has 0 saturated heterocycles. The van der Waals surface area contributed by atoms with Crippen molar-refractivity contribution in [2.75, 3.05) is 0 Å². The third-order valence-electron chi connectivity index (χ3n) is 5.25. The van der Waals surface area contributed by atoms with Crippen molar-refractivity contribution in [3.8, 4) is 0 Å². The zero-order chi connectivity index (χ0) is 10.4. The maximum absolute atomic E-state index is 9.80. The highest BCUT2D eigenvalue weighted by Gasteiger charge is 2.53. The summed E-state index contributed by atoms with van der Waals surface area (Å²) in [6.45, 7) is 7.24. The Morgan fingerprint density at radius 3 is 2.36 bits per heavy atom. The van der Waals surface area contributed by atoms with E-state index in [0.717, 1.165) is 18.8 Å². The van der Waals surface area contributed by atoms with Crippen LogP contribution in [-0.4, -0.2) is 11.2 Å². The molecule has 2 fully saturated rings. The third kappa shape index (κ3) is 1.32. The number of hydrogen-bond donors (Lipinski definition) is 1. The van der Waals surface area contributed by atoms with E-state index >= 15 is 0 Å². The standard InChI is InChI=1S/C13H24O/c1-10-5-4-7-12(2,3)13(10)8-6-11(14)9-13/h10-11,14H,4-9H2,1-3H3/t10?,11?,13-/m0/s1. The topological polar surface area (TPSA) is 20.2 Å². The molecule has 0 heterocycles. The molecule has 0 bridgehead atoms. The molecule has 2 aliphatic rings. The Labute approximate surface area is 87.9 Å². The molecule has 0 aliphatic heterocycles. The van der Waals surface area contributed by atoms with Gasteiger partial charge in [-0.1, -0.05) is 33.6 Å². The van der Waals surface area contributed by atoms with Crippen LogP contribution < -0.4 is 0 Å². The second-order valence-electron chi connectivity index (χ2n) is 6.23. The quantitative estimate of drug-likeness (QED) is 0.630. The van der Waals surface area contributed by atoms with Gasteiger partial charge in [0, 0.05) is 0 Å². The van der Waals surface area contributed by atoms with Crippen LogP contribution in [0, 0.1) is 16.7 Å². The minimum absolute atomic E-state index is 0.0187. The summed E-state index contributed by atoms with van der Waals surface area (Å²) in [5.74, 6) is 0.809. The van der Waals surface area contributed by atoms with Gasteiger partial charge in [0.05, 0.1) is 6.10 Å². The third-order valence-corrected chi connectivity index (χ3v) is 5.25. The van der Waals surface area contributed by atoms with Crippen molar-refractivity contribution < 1.29 is 5.11 Å². The molecule has 3 atom stereocenters. The van der Waals surface area contributed by atoms with Crippen molar-refractivity contribution in [3.63, 3.8) is 0 Å². The zero-order valence-corrected chi connectivity index (χ0v) is 9.84. The average molecular weight is 196 g/mol. The molecule has 2 rings (SSSR count). The Balaban J connectivity index is 2.27. The highest BCUT2D eigenvalue weighted by Crippen LogP contribution is 2.61. The molecule has 1 nitrogen and oxygen atoms in total. The normalized spacial score (nSPS) is 47.1. The molecule has 2 aliphatic carbocycles. The molecule has 0 aromatic carbocycles. The van der Waals surface area contributed by atoms with Crippen molar-refractivity contribution in [3.05, 3.63) is 0 Å². The number of rotatable bonds is 0. The minimum Gasteiger partial charge on any atom is -0.393 e. The van der Waals surface area contributed by atoms with Crippen molar-refractivity contribution in [2.24, 2.45) is 16.7 Å². The summed E-state index contributed by atoms with van der Waals surface area (Å²) in [6, 6.07) is 0. The Morgan fingerprint density at radius 1 is 1.14 bits per heavy atom. The van der Waals surface area contributed by atoms with E-state index in [1.807, 2.05) is 0 Å². The molecule has 0 aromatic rings. The maximum Gasteiger partial charge on any atom is 0.0546 e. The first-order valence-electron chi connectivity index (χ1n) is 6.16. The van der Waals surface area contributed by atoms with Gasteiger partial charge in [0.2, 0.25) is 0 Å². The molecule has 1 N–H and O–H groups in total. The van der Waals surface area contributed by atoms with Gasteiger partial charge in [-0.15, -0.1) is 0 Å². The van der Waals surface area contributed by atoms with Crippen molar-refractivity contribution >= 4 is 0 Å². The van der Waals surface area contributed by atoms with Crippen molar-refractivity contribution in [2.45, 2.75) is 65.4 Å². The second kappa shape index (κ2) is 3.23. The molecule has 2 saturated carbocycles. The highest BCUT2D eigenvalue weighted by molar-refractivity contribution is 5.03. The maximum atomic E-state index is 9.80. The lowest BCUT2D eigenvalue weighted by atomic mass is 9.52. The Morgan fingerprint density at radius 2 is 1.86 bits per heavy atom. The predicted octanol–water partition coefficient (Wildman–Crippen LogP) is 3.36. The van der Waals surface area contributed by atoms with Crippen molar-refractivity contribution in [1.82, 2.24) is 0 Å². The van der Waals surface area contributed by atoms with E-state index in [-0.39, 0.29) is 6.10 Å². The van der Waals surface area contributed by atoms with Crippen LogP contribution in [0.15, 0.2) is 0 Å². The van der Waals surface area contributed by atoms with Crippen LogP contribution in [0.3, 0.4) is 0 Å². The number of aliphatic hydroxyl groups excluding tert-OH is 1. The first-order chi connectivity index (χ1) is 6.48. The van der Waals surface area contributed by atoms with E-state index in [1.165, 1.54) is 25.7 Å². The van der Waals surface area contributed by atoms with Gasteiger partial charge in [0.1, 0.15) is 0 Å². The first-order valence-corrected chi connectivity index (χ1v) is 6.16. The molecular formula is C13H24O. The van der Waals surface area contributed by atoms with Gasteiger partial charge >= 0.3 is 0 Å². The summed E-state index contributed by atoms with van der Waals surface area (Å²) in [7, 11) is 0. The number of aliphatic hydroxyl groups is 1. The zero-order valence-electron chi connectivity index (χ0n) is 9.84. The minimum atomic E-state index is -0.0187. The van der Waals surface area contributed by atoms with Crippen LogP contribution in [0.1, 0.15) is 59.3 Å². The van der Waals surface area contributed by atoms with E-state index in [1.54, 1.807) is 0 Å². The van der Waals surface area contributed by atoms with E-state index in [0.29, 0.717) is 10.8 Å². The highest BCUT2D eigenvalue weighted by atomic mass is 16.3. The van der Waals surface area contributed by atoms with Crippen LogP contribution in [0.2, 0.25) is 0 Å². The number of hydrogen-bond acceptors (Lipinski definition) is 1. The predicted molar refractivity (Wildman–Crippen MR) is 59.1 cm³/mol. The SMILES string of the molecule is CC1CCCC(C)(C)[C@]12CCC(O)C2. The Bertz CT molecular complexity index is 221. The van der Waals surface area contributed by atoms with Crippen LogP contribution in [-0.2, 0) is 0 Å². The fraction of sp³-hybridized carbons (Fsp3) is 1.00. The van der Waals surface area contributed by atoms with Crippen LogP contribution in [0.4, 0.5) is 0 Å². The van der Waals surface area contributed by atoms with Gasteiger partial charge in [-0.25, -0.2) is 0 Å². The summed E-state index contributed by atoms with van der Waals surface area (Å²) >= 11 is 0. The summed E-state index contributed by atoms with van der Waals surface area (Å²) in [5.41, 5.74) is 0.896.